The Hall–Kier alpha value is -1.32. The quantitative estimate of drug-likeness (QED) is 0.873. The third-order valence-corrected chi connectivity index (χ3v) is 3.77. The highest BCUT2D eigenvalue weighted by molar-refractivity contribution is 6.31. The number of anilines is 1. The van der Waals surface area contributed by atoms with E-state index in [1.807, 2.05) is 30.5 Å². The summed E-state index contributed by atoms with van der Waals surface area (Å²) in [6, 6.07) is 8.63. The lowest BCUT2D eigenvalue weighted by molar-refractivity contribution is 0.688. The summed E-state index contributed by atoms with van der Waals surface area (Å²) in [6.07, 6.45) is 5.10. The van der Waals surface area contributed by atoms with Crippen molar-refractivity contribution in [2.24, 2.45) is 5.73 Å². The van der Waals surface area contributed by atoms with Crippen LogP contribution in [0.4, 0.5) is 5.69 Å². The van der Waals surface area contributed by atoms with Crippen LogP contribution in [0, 0.1) is 0 Å². The van der Waals surface area contributed by atoms with Crippen LogP contribution in [0.15, 0.2) is 30.5 Å². The first-order chi connectivity index (χ1) is 8.72. The molecule has 4 heteroatoms. The Morgan fingerprint density at radius 2 is 2.17 bits per heavy atom. The second kappa shape index (κ2) is 4.75. The van der Waals surface area contributed by atoms with Crippen LogP contribution in [0.25, 0.3) is 10.9 Å². The molecule has 0 bridgehead atoms. The number of nitrogens with two attached hydrogens (primary N) is 1. The topological polar surface area (TPSA) is 50.9 Å². The summed E-state index contributed by atoms with van der Waals surface area (Å²) in [7, 11) is 0. The predicted octanol–water partition coefficient (Wildman–Crippen LogP) is 3.18. The SMILES string of the molecule is N[C@H]1CC[C@@H](Nc2ccnc3cc(Cl)ccc23)C1. The van der Waals surface area contributed by atoms with Crippen LogP contribution in [0.2, 0.25) is 5.02 Å². The second-order valence-electron chi connectivity index (χ2n) is 4.93. The fourth-order valence-corrected chi connectivity index (χ4v) is 2.78. The number of halogens is 1. The van der Waals surface area contributed by atoms with Gasteiger partial charge in [0.05, 0.1) is 5.52 Å². The minimum absolute atomic E-state index is 0.338. The molecule has 0 aliphatic heterocycles. The molecule has 3 rings (SSSR count). The maximum absolute atomic E-state index is 5.98. The molecule has 0 unspecified atom stereocenters. The maximum Gasteiger partial charge on any atom is 0.0737 e. The van der Waals surface area contributed by atoms with Gasteiger partial charge in [0.15, 0.2) is 0 Å². The van der Waals surface area contributed by atoms with E-state index in [9.17, 15) is 0 Å². The van der Waals surface area contributed by atoms with E-state index in [4.69, 9.17) is 17.3 Å². The van der Waals surface area contributed by atoms with Crippen LogP contribution >= 0.6 is 11.6 Å². The summed E-state index contributed by atoms with van der Waals surface area (Å²) in [5, 5.41) is 5.40. The molecule has 1 aliphatic carbocycles. The lowest BCUT2D eigenvalue weighted by Gasteiger charge is -2.15. The van der Waals surface area contributed by atoms with Crippen LogP contribution in [-0.4, -0.2) is 17.1 Å². The van der Waals surface area contributed by atoms with Crippen molar-refractivity contribution in [3.8, 4) is 0 Å². The lowest BCUT2D eigenvalue weighted by Crippen LogP contribution is -2.20. The normalized spacial score (nSPS) is 23.4. The molecule has 1 saturated carbocycles. The first-order valence-electron chi connectivity index (χ1n) is 6.29. The van der Waals surface area contributed by atoms with Crippen molar-refractivity contribution in [1.29, 1.82) is 0 Å². The largest absolute Gasteiger partial charge is 0.382 e. The van der Waals surface area contributed by atoms with E-state index < -0.39 is 0 Å². The summed E-state index contributed by atoms with van der Waals surface area (Å²) < 4.78 is 0. The van der Waals surface area contributed by atoms with Gasteiger partial charge in [-0.3, -0.25) is 4.98 Å². The molecular weight excluding hydrogens is 246 g/mol. The van der Waals surface area contributed by atoms with E-state index in [1.165, 1.54) is 0 Å². The molecule has 1 heterocycles. The third kappa shape index (κ3) is 2.28. The average molecular weight is 262 g/mol. The summed E-state index contributed by atoms with van der Waals surface area (Å²) in [5.74, 6) is 0. The van der Waals surface area contributed by atoms with E-state index in [1.54, 1.807) is 0 Å². The third-order valence-electron chi connectivity index (χ3n) is 3.54. The average Bonchev–Trinajstić information content (AvgIpc) is 2.75. The van der Waals surface area contributed by atoms with E-state index in [2.05, 4.69) is 10.3 Å². The number of rotatable bonds is 2. The standard InChI is InChI=1S/C14H16ClN3/c15-9-1-4-12-13(5-6-17-14(12)7-9)18-11-3-2-10(16)8-11/h1,4-7,10-11H,2-3,8,16H2,(H,17,18)/t10-,11+/m0/s1. The highest BCUT2D eigenvalue weighted by Crippen LogP contribution is 2.28. The molecule has 1 aromatic heterocycles. The zero-order chi connectivity index (χ0) is 12.5. The molecule has 0 amide bonds. The van der Waals surface area contributed by atoms with Crippen LogP contribution in [-0.2, 0) is 0 Å². The van der Waals surface area contributed by atoms with Gasteiger partial charge in [-0.1, -0.05) is 11.6 Å². The Morgan fingerprint density at radius 3 is 2.94 bits per heavy atom. The van der Waals surface area contributed by atoms with E-state index in [0.717, 1.165) is 40.9 Å². The Kier molecular flexibility index (Phi) is 3.10. The van der Waals surface area contributed by atoms with Crippen molar-refractivity contribution in [2.75, 3.05) is 5.32 Å². The second-order valence-corrected chi connectivity index (χ2v) is 5.37. The van der Waals surface area contributed by atoms with Crippen molar-refractivity contribution in [1.82, 2.24) is 4.98 Å². The monoisotopic (exact) mass is 261 g/mol. The molecule has 0 radical (unpaired) electrons. The van der Waals surface area contributed by atoms with Gasteiger partial charge in [0.2, 0.25) is 0 Å². The molecule has 0 saturated heterocycles. The first kappa shape index (κ1) is 11.8. The van der Waals surface area contributed by atoms with Gasteiger partial charge in [-0.2, -0.15) is 0 Å². The highest BCUT2D eigenvalue weighted by Gasteiger charge is 2.21. The molecule has 3 nitrogen and oxygen atoms in total. The van der Waals surface area contributed by atoms with Crippen LogP contribution in [0.3, 0.4) is 0 Å². The van der Waals surface area contributed by atoms with E-state index in [-0.39, 0.29) is 0 Å². The summed E-state index contributed by atoms with van der Waals surface area (Å²) >= 11 is 5.98. The maximum atomic E-state index is 5.98. The van der Waals surface area contributed by atoms with Crippen molar-refractivity contribution in [2.45, 2.75) is 31.3 Å². The number of benzene rings is 1. The Balaban J connectivity index is 1.92. The lowest BCUT2D eigenvalue weighted by atomic mass is 10.1. The van der Waals surface area contributed by atoms with E-state index in [0.29, 0.717) is 12.1 Å². The van der Waals surface area contributed by atoms with Crippen LogP contribution in [0.1, 0.15) is 19.3 Å². The van der Waals surface area contributed by atoms with Gasteiger partial charge in [-0.05, 0) is 43.5 Å². The minimum atomic E-state index is 0.338. The molecule has 94 valence electrons. The van der Waals surface area contributed by atoms with Crippen LogP contribution < -0.4 is 11.1 Å². The smallest absolute Gasteiger partial charge is 0.0737 e. The summed E-state index contributed by atoms with van der Waals surface area (Å²) in [5.41, 5.74) is 7.99. The van der Waals surface area contributed by atoms with Crippen molar-refractivity contribution in [3.05, 3.63) is 35.5 Å². The molecule has 18 heavy (non-hydrogen) atoms. The van der Waals surface area contributed by atoms with Gasteiger partial charge in [-0.25, -0.2) is 0 Å². The summed E-state index contributed by atoms with van der Waals surface area (Å²) in [6.45, 7) is 0. The van der Waals surface area contributed by atoms with Gasteiger partial charge in [-0.15, -0.1) is 0 Å². The minimum Gasteiger partial charge on any atom is -0.382 e. The number of hydrogen-bond acceptors (Lipinski definition) is 3. The highest BCUT2D eigenvalue weighted by atomic mass is 35.5. The number of nitrogens with one attached hydrogen (secondary N) is 1. The number of fused-ring (bicyclic) bond motifs is 1. The van der Waals surface area contributed by atoms with Gasteiger partial charge >= 0.3 is 0 Å². The fraction of sp³-hybridized carbons (Fsp3) is 0.357. The number of hydrogen-bond donors (Lipinski definition) is 2. The van der Waals surface area contributed by atoms with Crippen LogP contribution in [0.5, 0.6) is 0 Å². The Labute approximate surface area is 111 Å². The first-order valence-corrected chi connectivity index (χ1v) is 6.66. The van der Waals surface area contributed by atoms with Gasteiger partial charge < -0.3 is 11.1 Å². The molecule has 1 aliphatic rings. The Bertz CT molecular complexity index is 570. The number of nitrogens with zero attached hydrogens (tertiary/aromatic N) is 1. The van der Waals surface area contributed by atoms with Crippen molar-refractivity contribution < 1.29 is 0 Å². The molecule has 0 spiro atoms. The fourth-order valence-electron chi connectivity index (χ4n) is 2.61. The van der Waals surface area contributed by atoms with Crippen molar-refractivity contribution in [3.63, 3.8) is 0 Å². The molecule has 1 fully saturated rings. The number of pyridine rings is 1. The van der Waals surface area contributed by atoms with E-state index >= 15 is 0 Å². The van der Waals surface area contributed by atoms with Gasteiger partial charge in [0, 0.05) is 34.4 Å². The Morgan fingerprint density at radius 1 is 1.28 bits per heavy atom. The van der Waals surface area contributed by atoms with Crippen molar-refractivity contribution >= 4 is 28.2 Å². The molecule has 3 N–H and O–H groups in total. The molecule has 2 aromatic rings. The molecular formula is C14H16ClN3. The molecule has 2 atom stereocenters. The zero-order valence-electron chi connectivity index (χ0n) is 10.1. The van der Waals surface area contributed by atoms with Gasteiger partial charge in [0.1, 0.15) is 0 Å². The summed E-state index contributed by atoms with van der Waals surface area (Å²) in [4.78, 5) is 4.34. The predicted molar refractivity (Wildman–Crippen MR) is 76.0 cm³/mol. The zero-order valence-corrected chi connectivity index (χ0v) is 10.8. The number of aromatic nitrogens is 1. The molecule has 1 aromatic carbocycles. The van der Waals surface area contributed by atoms with Gasteiger partial charge in [0.25, 0.3) is 0 Å².